The maximum absolute atomic E-state index is 14.0. The van der Waals surface area contributed by atoms with Gasteiger partial charge in [-0.15, -0.1) is 0 Å². The SMILES string of the molecule is CC(C)[C@]1(C(=O)N2CCc3ccc(CF)cc3C2)CC[C@@H](N2CCC(c3ccc(F)cc3)CC2)C1. The molecule has 1 saturated carbocycles. The summed E-state index contributed by atoms with van der Waals surface area (Å²) in [6.07, 6.45) is 5.97. The summed E-state index contributed by atoms with van der Waals surface area (Å²) >= 11 is 0. The standard InChI is InChI=1S/C30H38F2N2O/c1-21(2)30(29(35)34-16-12-24-4-3-22(19-31)17-26(24)20-34)13-9-28(18-30)33-14-10-25(11-15-33)23-5-7-27(32)8-6-23/h3-8,17,21,25,28H,9-16,18-20H2,1-2H3/t28-,30+/m1/s1. The van der Waals surface area contributed by atoms with Gasteiger partial charge in [0.2, 0.25) is 5.91 Å². The first-order chi connectivity index (χ1) is 16.9. The zero-order chi connectivity index (χ0) is 24.6. The fourth-order valence-electron chi connectivity index (χ4n) is 6.84. The van der Waals surface area contributed by atoms with Gasteiger partial charge >= 0.3 is 0 Å². The maximum atomic E-state index is 14.0. The Morgan fingerprint density at radius 1 is 1.03 bits per heavy atom. The van der Waals surface area contributed by atoms with Gasteiger partial charge in [0.25, 0.3) is 0 Å². The molecule has 2 aliphatic heterocycles. The number of benzene rings is 2. The van der Waals surface area contributed by atoms with Crippen LogP contribution >= 0.6 is 0 Å². The third kappa shape index (κ3) is 4.76. The third-order valence-corrected chi connectivity index (χ3v) is 9.17. The Balaban J connectivity index is 1.24. The molecule has 1 aliphatic carbocycles. The second-order valence-electron chi connectivity index (χ2n) is 11.3. The van der Waals surface area contributed by atoms with Gasteiger partial charge in [-0.2, -0.15) is 0 Å². The fourth-order valence-corrected chi connectivity index (χ4v) is 6.84. The molecule has 35 heavy (non-hydrogen) atoms. The van der Waals surface area contributed by atoms with Gasteiger partial charge in [-0.1, -0.05) is 44.2 Å². The van der Waals surface area contributed by atoms with Crippen LogP contribution in [0.1, 0.15) is 74.1 Å². The molecular weight excluding hydrogens is 442 g/mol. The largest absolute Gasteiger partial charge is 0.338 e. The zero-order valence-electron chi connectivity index (χ0n) is 21.1. The van der Waals surface area contributed by atoms with Crippen LogP contribution in [0.3, 0.4) is 0 Å². The molecule has 0 N–H and O–H groups in total. The van der Waals surface area contributed by atoms with Gasteiger partial charge in [-0.25, -0.2) is 8.78 Å². The molecule has 0 unspecified atom stereocenters. The summed E-state index contributed by atoms with van der Waals surface area (Å²) in [4.78, 5) is 18.7. The lowest BCUT2D eigenvalue weighted by Gasteiger charge is -2.41. The highest BCUT2D eigenvalue weighted by Gasteiger charge is 2.50. The van der Waals surface area contributed by atoms with E-state index in [-0.39, 0.29) is 17.2 Å². The molecule has 0 spiro atoms. The van der Waals surface area contributed by atoms with Crippen molar-refractivity contribution in [2.75, 3.05) is 19.6 Å². The summed E-state index contributed by atoms with van der Waals surface area (Å²) in [7, 11) is 0. The summed E-state index contributed by atoms with van der Waals surface area (Å²) in [6, 6.07) is 13.3. The highest BCUT2D eigenvalue weighted by atomic mass is 19.1. The van der Waals surface area contributed by atoms with E-state index in [0.717, 1.165) is 63.7 Å². The molecule has 2 heterocycles. The van der Waals surface area contributed by atoms with E-state index in [2.05, 4.69) is 18.7 Å². The van der Waals surface area contributed by atoms with E-state index < -0.39 is 6.67 Å². The van der Waals surface area contributed by atoms with Crippen molar-refractivity contribution in [1.82, 2.24) is 9.80 Å². The lowest BCUT2D eigenvalue weighted by molar-refractivity contribution is -0.146. The Morgan fingerprint density at radius 3 is 2.46 bits per heavy atom. The monoisotopic (exact) mass is 480 g/mol. The van der Waals surface area contributed by atoms with Crippen LogP contribution in [0.15, 0.2) is 42.5 Å². The first kappa shape index (κ1) is 24.4. The number of piperidine rings is 1. The minimum atomic E-state index is -0.462. The van der Waals surface area contributed by atoms with Crippen molar-refractivity contribution in [2.24, 2.45) is 11.3 Å². The first-order valence-electron chi connectivity index (χ1n) is 13.3. The van der Waals surface area contributed by atoms with Crippen LogP contribution in [-0.2, 0) is 24.4 Å². The Morgan fingerprint density at radius 2 is 1.77 bits per heavy atom. The summed E-state index contributed by atoms with van der Waals surface area (Å²) < 4.78 is 26.5. The fraction of sp³-hybridized carbons (Fsp3) is 0.567. The lowest BCUT2D eigenvalue weighted by Crippen LogP contribution is -2.48. The molecule has 1 amide bonds. The number of hydrogen-bond acceptors (Lipinski definition) is 2. The minimum absolute atomic E-state index is 0.174. The van der Waals surface area contributed by atoms with Gasteiger partial charge in [-0.3, -0.25) is 4.79 Å². The van der Waals surface area contributed by atoms with Crippen LogP contribution in [0, 0.1) is 17.2 Å². The van der Waals surface area contributed by atoms with Crippen LogP contribution in [-0.4, -0.2) is 41.4 Å². The first-order valence-corrected chi connectivity index (χ1v) is 13.3. The highest BCUT2D eigenvalue weighted by Crippen LogP contribution is 2.48. The molecule has 5 rings (SSSR count). The minimum Gasteiger partial charge on any atom is -0.338 e. The zero-order valence-corrected chi connectivity index (χ0v) is 21.1. The third-order valence-electron chi connectivity index (χ3n) is 9.17. The number of nitrogens with zero attached hydrogens (tertiary/aromatic N) is 2. The molecule has 2 atom stereocenters. The van der Waals surface area contributed by atoms with Crippen molar-refractivity contribution in [3.05, 3.63) is 70.5 Å². The summed E-state index contributed by atoms with van der Waals surface area (Å²) in [6.45, 7) is 7.39. The van der Waals surface area contributed by atoms with Gasteiger partial charge < -0.3 is 9.80 Å². The molecule has 1 saturated heterocycles. The summed E-state index contributed by atoms with van der Waals surface area (Å²) in [5.41, 5.74) is 3.98. The number of amides is 1. The number of fused-ring (bicyclic) bond motifs is 1. The molecule has 2 fully saturated rings. The molecular formula is C30H38F2N2O. The van der Waals surface area contributed by atoms with Crippen LogP contribution in [0.4, 0.5) is 8.78 Å². The lowest BCUT2D eigenvalue weighted by atomic mass is 9.73. The number of likely N-dealkylation sites (tertiary alicyclic amines) is 1. The van der Waals surface area contributed by atoms with Crippen molar-refractivity contribution in [3.63, 3.8) is 0 Å². The Labute approximate surface area is 208 Å². The second kappa shape index (κ2) is 10.0. The molecule has 2 aromatic rings. The van der Waals surface area contributed by atoms with Gasteiger partial charge in [0.15, 0.2) is 0 Å². The molecule has 2 aromatic carbocycles. The number of halogens is 2. The molecule has 3 nitrogen and oxygen atoms in total. The smallest absolute Gasteiger partial charge is 0.229 e. The van der Waals surface area contributed by atoms with Crippen LogP contribution in [0.5, 0.6) is 0 Å². The highest BCUT2D eigenvalue weighted by molar-refractivity contribution is 5.84. The number of carbonyl (C=O) groups is 1. The van der Waals surface area contributed by atoms with E-state index >= 15 is 0 Å². The van der Waals surface area contributed by atoms with Crippen LogP contribution in [0.25, 0.3) is 0 Å². The number of carbonyl (C=O) groups excluding carboxylic acids is 1. The van der Waals surface area contributed by atoms with Crippen molar-refractivity contribution >= 4 is 5.91 Å². The van der Waals surface area contributed by atoms with Crippen molar-refractivity contribution in [2.45, 2.75) is 77.6 Å². The van der Waals surface area contributed by atoms with Crippen LogP contribution in [0.2, 0.25) is 0 Å². The van der Waals surface area contributed by atoms with E-state index in [1.54, 1.807) is 12.1 Å². The van der Waals surface area contributed by atoms with E-state index in [1.165, 1.54) is 11.1 Å². The number of hydrogen-bond donors (Lipinski definition) is 0. The average Bonchev–Trinajstić information content (AvgIpc) is 3.35. The average molecular weight is 481 g/mol. The van der Waals surface area contributed by atoms with Crippen molar-refractivity contribution in [3.8, 4) is 0 Å². The van der Waals surface area contributed by atoms with E-state index in [9.17, 15) is 13.6 Å². The normalized spacial score (nSPS) is 25.7. The number of rotatable bonds is 5. The molecule has 5 heteroatoms. The van der Waals surface area contributed by atoms with E-state index in [0.29, 0.717) is 30.0 Å². The quantitative estimate of drug-likeness (QED) is 0.505. The van der Waals surface area contributed by atoms with Crippen LogP contribution < -0.4 is 0 Å². The second-order valence-corrected chi connectivity index (χ2v) is 11.3. The Hall–Kier alpha value is -2.27. The summed E-state index contributed by atoms with van der Waals surface area (Å²) in [5.74, 6) is 0.905. The maximum Gasteiger partial charge on any atom is 0.229 e. The molecule has 3 aliphatic rings. The van der Waals surface area contributed by atoms with Crippen molar-refractivity contribution in [1.29, 1.82) is 0 Å². The van der Waals surface area contributed by atoms with Gasteiger partial charge in [0.1, 0.15) is 12.5 Å². The molecule has 0 bridgehead atoms. The Kier molecular flexibility index (Phi) is 6.98. The van der Waals surface area contributed by atoms with E-state index in [4.69, 9.17) is 0 Å². The summed E-state index contributed by atoms with van der Waals surface area (Å²) in [5, 5.41) is 0. The number of alkyl halides is 1. The molecule has 188 valence electrons. The van der Waals surface area contributed by atoms with Gasteiger partial charge in [0, 0.05) is 19.1 Å². The molecule has 0 radical (unpaired) electrons. The van der Waals surface area contributed by atoms with Crippen molar-refractivity contribution < 1.29 is 13.6 Å². The van der Waals surface area contributed by atoms with E-state index in [1.807, 2.05) is 35.2 Å². The molecule has 0 aromatic heterocycles. The van der Waals surface area contributed by atoms with Gasteiger partial charge in [0.05, 0.1) is 5.41 Å². The Bertz CT molecular complexity index is 1040. The predicted octanol–water partition coefficient (Wildman–Crippen LogP) is 6.25. The van der Waals surface area contributed by atoms with Gasteiger partial charge in [-0.05, 0) is 97.8 Å². The topological polar surface area (TPSA) is 23.6 Å². The predicted molar refractivity (Wildman–Crippen MR) is 135 cm³/mol.